The summed E-state index contributed by atoms with van der Waals surface area (Å²) in [4.78, 5) is 17.4. The summed E-state index contributed by atoms with van der Waals surface area (Å²) in [6, 6.07) is 16.5. The SMILES string of the molecule is O=C(Nc1ccsc1-c1nc(-c2ccc(F)cc2)no1)c1ccccc1. The molecule has 2 heterocycles. The van der Waals surface area contributed by atoms with Crippen LogP contribution in [0.25, 0.3) is 22.2 Å². The zero-order chi connectivity index (χ0) is 17.9. The van der Waals surface area contributed by atoms with Gasteiger partial charge in [-0.05, 0) is 47.8 Å². The van der Waals surface area contributed by atoms with Crippen LogP contribution in [-0.2, 0) is 0 Å². The third kappa shape index (κ3) is 3.25. The summed E-state index contributed by atoms with van der Waals surface area (Å²) in [7, 11) is 0. The van der Waals surface area contributed by atoms with E-state index < -0.39 is 0 Å². The lowest BCUT2D eigenvalue weighted by Gasteiger charge is -2.04. The van der Waals surface area contributed by atoms with Crippen molar-refractivity contribution in [2.24, 2.45) is 0 Å². The molecule has 0 saturated carbocycles. The highest BCUT2D eigenvalue weighted by Crippen LogP contribution is 2.34. The van der Waals surface area contributed by atoms with Crippen LogP contribution >= 0.6 is 11.3 Å². The van der Waals surface area contributed by atoms with Gasteiger partial charge >= 0.3 is 0 Å². The molecular weight excluding hydrogens is 353 g/mol. The number of aromatic nitrogens is 2. The molecule has 5 nitrogen and oxygen atoms in total. The van der Waals surface area contributed by atoms with Crippen LogP contribution in [0, 0.1) is 5.82 Å². The number of carbonyl (C=O) groups excluding carboxylic acids is 1. The number of hydrogen-bond acceptors (Lipinski definition) is 5. The van der Waals surface area contributed by atoms with Crippen LogP contribution in [0.4, 0.5) is 10.1 Å². The number of benzene rings is 2. The Kier molecular flexibility index (Phi) is 4.28. The minimum atomic E-state index is -0.332. The van der Waals surface area contributed by atoms with Gasteiger partial charge in [-0.25, -0.2) is 4.39 Å². The third-order valence-corrected chi connectivity index (χ3v) is 4.57. The van der Waals surface area contributed by atoms with Gasteiger partial charge in [0.1, 0.15) is 10.7 Å². The van der Waals surface area contributed by atoms with Gasteiger partial charge in [-0.3, -0.25) is 4.79 Å². The fraction of sp³-hybridized carbons (Fsp3) is 0. The molecular formula is C19H12FN3O2S. The summed E-state index contributed by atoms with van der Waals surface area (Å²) in [5.41, 5.74) is 1.80. The van der Waals surface area contributed by atoms with E-state index in [-0.39, 0.29) is 11.7 Å². The highest BCUT2D eigenvalue weighted by molar-refractivity contribution is 7.14. The second-order valence-corrected chi connectivity index (χ2v) is 6.33. The molecule has 0 atom stereocenters. The van der Waals surface area contributed by atoms with Crippen LogP contribution in [0.1, 0.15) is 10.4 Å². The average Bonchev–Trinajstić information content (AvgIpc) is 3.32. The van der Waals surface area contributed by atoms with E-state index >= 15 is 0 Å². The standard InChI is InChI=1S/C19H12FN3O2S/c20-14-8-6-12(7-9-14)17-22-19(25-23-17)16-15(10-11-26-16)21-18(24)13-4-2-1-3-5-13/h1-11H,(H,21,24). The first-order valence-corrected chi connectivity index (χ1v) is 8.62. The van der Waals surface area contributed by atoms with Gasteiger partial charge < -0.3 is 9.84 Å². The van der Waals surface area contributed by atoms with E-state index in [4.69, 9.17) is 4.52 Å². The average molecular weight is 365 g/mol. The van der Waals surface area contributed by atoms with Gasteiger partial charge in [0.25, 0.3) is 11.8 Å². The third-order valence-electron chi connectivity index (χ3n) is 3.67. The van der Waals surface area contributed by atoms with E-state index in [9.17, 15) is 9.18 Å². The van der Waals surface area contributed by atoms with Gasteiger partial charge in [-0.1, -0.05) is 23.4 Å². The molecule has 1 N–H and O–H groups in total. The van der Waals surface area contributed by atoms with Crippen molar-refractivity contribution in [3.8, 4) is 22.2 Å². The minimum absolute atomic E-state index is 0.219. The normalized spacial score (nSPS) is 10.7. The van der Waals surface area contributed by atoms with Crippen LogP contribution in [-0.4, -0.2) is 16.0 Å². The number of nitrogens with one attached hydrogen (secondary N) is 1. The Hall–Kier alpha value is -3.32. The zero-order valence-corrected chi connectivity index (χ0v) is 14.2. The summed E-state index contributed by atoms with van der Waals surface area (Å²) >= 11 is 1.38. The van der Waals surface area contributed by atoms with Crippen molar-refractivity contribution < 1.29 is 13.7 Å². The van der Waals surface area contributed by atoms with Gasteiger partial charge in [0.15, 0.2) is 0 Å². The van der Waals surface area contributed by atoms with Crippen LogP contribution in [0.3, 0.4) is 0 Å². The number of thiophene rings is 1. The fourth-order valence-electron chi connectivity index (χ4n) is 2.39. The van der Waals surface area contributed by atoms with E-state index in [2.05, 4.69) is 15.5 Å². The van der Waals surface area contributed by atoms with E-state index in [1.807, 2.05) is 11.4 Å². The molecule has 2 aromatic heterocycles. The molecule has 128 valence electrons. The lowest BCUT2D eigenvalue weighted by molar-refractivity contribution is 0.102. The minimum Gasteiger partial charge on any atom is -0.333 e. The maximum Gasteiger partial charge on any atom is 0.270 e. The van der Waals surface area contributed by atoms with Gasteiger partial charge in [0, 0.05) is 11.1 Å². The molecule has 26 heavy (non-hydrogen) atoms. The summed E-state index contributed by atoms with van der Waals surface area (Å²) in [6.07, 6.45) is 0. The molecule has 4 rings (SSSR count). The lowest BCUT2D eigenvalue weighted by Crippen LogP contribution is -2.11. The smallest absolute Gasteiger partial charge is 0.270 e. The van der Waals surface area contributed by atoms with Crippen molar-refractivity contribution in [1.82, 2.24) is 10.1 Å². The number of nitrogens with zero attached hydrogens (tertiary/aromatic N) is 2. The van der Waals surface area contributed by atoms with Crippen molar-refractivity contribution >= 4 is 22.9 Å². The first kappa shape index (κ1) is 16.2. The Bertz CT molecular complexity index is 1040. The highest BCUT2D eigenvalue weighted by atomic mass is 32.1. The molecule has 0 aliphatic heterocycles. The maximum absolute atomic E-state index is 13.0. The number of anilines is 1. The number of rotatable bonds is 4. The molecule has 7 heteroatoms. The van der Waals surface area contributed by atoms with Crippen LogP contribution in [0.5, 0.6) is 0 Å². The van der Waals surface area contributed by atoms with Crippen molar-refractivity contribution in [3.05, 3.63) is 77.4 Å². The van der Waals surface area contributed by atoms with Gasteiger partial charge in [0.05, 0.1) is 5.69 Å². The molecule has 0 spiro atoms. The van der Waals surface area contributed by atoms with E-state index in [0.717, 1.165) is 0 Å². The summed E-state index contributed by atoms with van der Waals surface area (Å²) < 4.78 is 18.4. The second kappa shape index (κ2) is 6.89. The maximum atomic E-state index is 13.0. The molecule has 0 saturated heterocycles. The molecule has 0 aliphatic rings. The Balaban J connectivity index is 1.59. The molecule has 0 aliphatic carbocycles. The molecule has 0 radical (unpaired) electrons. The predicted octanol–water partition coefficient (Wildman–Crippen LogP) is 4.86. The quantitative estimate of drug-likeness (QED) is 0.561. The fourth-order valence-corrected chi connectivity index (χ4v) is 3.16. The monoisotopic (exact) mass is 365 g/mol. The zero-order valence-electron chi connectivity index (χ0n) is 13.3. The second-order valence-electron chi connectivity index (χ2n) is 5.41. The molecule has 1 amide bonds. The Labute approximate surface area is 152 Å². The molecule has 0 unspecified atom stereocenters. The van der Waals surface area contributed by atoms with E-state index in [0.29, 0.717) is 33.4 Å². The Morgan fingerprint density at radius 1 is 1.04 bits per heavy atom. The highest BCUT2D eigenvalue weighted by Gasteiger charge is 2.17. The summed E-state index contributed by atoms with van der Waals surface area (Å²) in [5.74, 6) is 0.0987. The van der Waals surface area contributed by atoms with Gasteiger partial charge in [-0.2, -0.15) is 4.98 Å². The molecule has 4 aromatic rings. The first-order chi connectivity index (χ1) is 12.7. The Morgan fingerprint density at radius 2 is 1.81 bits per heavy atom. The van der Waals surface area contributed by atoms with Crippen LogP contribution in [0.2, 0.25) is 0 Å². The van der Waals surface area contributed by atoms with Gasteiger partial charge in [0.2, 0.25) is 5.82 Å². The topological polar surface area (TPSA) is 68.0 Å². The van der Waals surface area contributed by atoms with Crippen LogP contribution < -0.4 is 5.32 Å². The van der Waals surface area contributed by atoms with Crippen molar-refractivity contribution in [1.29, 1.82) is 0 Å². The van der Waals surface area contributed by atoms with Crippen molar-refractivity contribution in [2.45, 2.75) is 0 Å². The number of halogens is 1. The number of amides is 1. The number of carbonyl (C=O) groups is 1. The van der Waals surface area contributed by atoms with Crippen LogP contribution in [0.15, 0.2) is 70.6 Å². The van der Waals surface area contributed by atoms with Gasteiger partial charge in [-0.15, -0.1) is 11.3 Å². The summed E-state index contributed by atoms with van der Waals surface area (Å²) in [6.45, 7) is 0. The molecule has 0 bridgehead atoms. The van der Waals surface area contributed by atoms with Crippen molar-refractivity contribution in [2.75, 3.05) is 5.32 Å². The van der Waals surface area contributed by atoms with E-state index in [1.165, 1.54) is 23.5 Å². The van der Waals surface area contributed by atoms with E-state index in [1.54, 1.807) is 42.5 Å². The molecule has 2 aromatic carbocycles. The molecule has 0 fully saturated rings. The lowest BCUT2D eigenvalue weighted by atomic mass is 10.2. The Morgan fingerprint density at radius 3 is 2.58 bits per heavy atom. The first-order valence-electron chi connectivity index (χ1n) is 7.74. The van der Waals surface area contributed by atoms with Crippen molar-refractivity contribution in [3.63, 3.8) is 0 Å². The number of hydrogen-bond donors (Lipinski definition) is 1. The largest absolute Gasteiger partial charge is 0.333 e. The predicted molar refractivity (Wildman–Crippen MR) is 97.4 cm³/mol. The summed E-state index contributed by atoms with van der Waals surface area (Å²) in [5, 5.41) is 8.62.